The molecular weight excluding hydrogens is 198 g/mol. The number of hydrogen-bond donors (Lipinski definition) is 1. The van der Waals surface area contributed by atoms with Crippen molar-refractivity contribution in [2.45, 2.75) is 51.4 Å². The lowest BCUT2D eigenvalue weighted by Gasteiger charge is -2.28. The number of aryl methyl sites for hydroxylation is 1. The minimum atomic E-state index is 0.235. The summed E-state index contributed by atoms with van der Waals surface area (Å²) in [4.78, 5) is 0. The van der Waals surface area contributed by atoms with Gasteiger partial charge in [-0.15, -0.1) is 0 Å². The van der Waals surface area contributed by atoms with Crippen molar-refractivity contribution in [1.82, 2.24) is 0 Å². The second kappa shape index (κ2) is 5.46. The Morgan fingerprint density at radius 1 is 1.19 bits per heavy atom. The van der Waals surface area contributed by atoms with Crippen molar-refractivity contribution in [3.05, 3.63) is 35.4 Å². The Hall–Kier alpha value is -0.860. The van der Waals surface area contributed by atoms with Gasteiger partial charge >= 0.3 is 0 Å². The van der Waals surface area contributed by atoms with Gasteiger partial charge in [0.1, 0.15) is 0 Å². The Labute approximate surface area is 97.8 Å². The van der Waals surface area contributed by atoms with Gasteiger partial charge in [0.2, 0.25) is 0 Å². The minimum Gasteiger partial charge on any atom is -0.372 e. The van der Waals surface area contributed by atoms with E-state index in [-0.39, 0.29) is 12.1 Å². The second-order valence-corrected chi connectivity index (χ2v) is 4.78. The first-order chi connectivity index (χ1) is 7.75. The van der Waals surface area contributed by atoms with Crippen LogP contribution in [0.1, 0.15) is 36.8 Å². The van der Waals surface area contributed by atoms with E-state index in [2.05, 4.69) is 31.2 Å². The van der Waals surface area contributed by atoms with Gasteiger partial charge < -0.3 is 10.5 Å². The molecule has 2 rings (SSSR count). The SMILES string of the molecule is Cc1ccc(COC2CCCCC2N)cc1. The summed E-state index contributed by atoms with van der Waals surface area (Å²) in [5.74, 6) is 0. The molecule has 0 bridgehead atoms. The Balaban J connectivity index is 1.84. The molecular formula is C14H21NO. The summed E-state index contributed by atoms with van der Waals surface area (Å²) in [5.41, 5.74) is 8.57. The molecule has 0 amide bonds. The topological polar surface area (TPSA) is 35.2 Å². The molecule has 0 spiro atoms. The number of rotatable bonds is 3. The van der Waals surface area contributed by atoms with Crippen molar-refractivity contribution in [2.75, 3.05) is 0 Å². The molecule has 2 N–H and O–H groups in total. The van der Waals surface area contributed by atoms with Crippen LogP contribution in [0.15, 0.2) is 24.3 Å². The highest BCUT2D eigenvalue weighted by atomic mass is 16.5. The maximum atomic E-state index is 6.04. The molecule has 2 nitrogen and oxygen atoms in total. The largest absolute Gasteiger partial charge is 0.372 e. The van der Waals surface area contributed by atoms with E-state index in [1.807, 2.05) is 0 Å². The van der Waals surface area contributed by atoms with E-state index < -0.39 is 0 Å². The van der Waals surface area contributed by atoms with Crippen molar-refractivity contribution in [2.24, 2.45) is 5.73 Å². The molecule has 2 unspecified atom stereocenters. The lowest BCUT2D eigenvalue weighted by molar-refractivity contribution is 0.00404. The minimum absolute atomic E-state index is 0.235. The summed E-state index contributed by atoms with van der Waals surface area (Å²) in [6.45, 7) is 2.79. The Kier molecular flexibility index (Phi) is 3.97. The number of nitrogens with two attached hydrogens (primary N) is 1. The summed E-state index contributed by atoms with van der Waals surface area (Å²) >= 11 is 0. The molecule has 0 saturated heterocycles. The highest BCUT2D eigenvalue weighted by Gasteiger charge is 2.21. The molecule has 1 aliphatic carbocycles. The molecule has 2 heteroatoms. The monoisotopic (exact) mass is 219 g/mol. The van der Waals surface area contributed by atoms with Crippen molar-refractivity contribution in [1.29, 1.82) is 0 Å². The summed E-state index contributed by atoms with van der Waals surface area (Å²) in [7, 11) is 0. The van der Waals surface area contributed by atoms with E-state index in [0.29, 0.717) is 6.61 Å². The molecule has 0 radical (unpaired) electrons. The lowest BCUT2D eigenvalue weighted by Crippen LogP contribution is -2.39. The predicted octanol–water partition coefficient (Wildman–Crippen LogP) is 2.78. The molecule has 16 heavy (non-hydrogen) atoms. The maximum absolute atomic E-state index is 6.04. The lowest BCUT2D eigenvalue weighted by atomic mass is 9.93. The maximum Gasteiger partial charge on any atom is 0.0730 e. The zero-order chi connectivity index (χ0) is 11.4. The Morgan fingerprint density at radius 3 is 2.56 bits per heavy atom. The van der Waals surface area contributed by atoms with Crippen LogP contribution in [0.2, 0.25) is 0 Å². The number of benzene rings is 1. The fourth-order valence-corrected chi connectivity index (χ4v) is 2.22. The zero-order valence-electron chi connectivity index (χ0n) is 9.99. The molecule has 0 heterocycles. The average Bonchev–Trinajstić information content (AvgIpc) is 2.30. The summed E-state index contributed by atoms with van der Waals surface area (Å²) < 4.78 is 5.90. The first-order valence-corrected chi connectivity index (χ1v) is 6.18. The summed E-state index contributed by atoms with van der Waals surface area (Å²) in [5, 5.41) is 0. The van der Waals surface area contributed by atoms with Gasteiger partial charge in [0.25, 0.3) is 0 Å². The van der Waals surface area contributed by atoms with Crippen LogP contribution < -0.4 is 5.73 Å². The van der Waals surface area contributed by atoms with Crippen LogP contribution in [-0.4, -0.2) is 12.1 Å². The van der Waals surface area contributed by atoms with Gasteiger partial charge in [0.15, 0.2) is 0 Å². The first-order valence-electron chi connectivity index (χ1n) is 6.18. The average molecular weight is 219 g/mol. The van der Waals surface area contributed by atoms with Gasteiger partial charge in [-0.1, -0.05) is 42.7 Å². The van der Waals surface area contributed by atoms with E-state index in [9.17, 15) is 0 Å². The van der Waals surface area contributed by atoms with E-state index in [1.165, 1.54) is 24.0 Å². The molecule has 0 aliphatic heterocycles. The van der Waals surface area contributed by atoms with Gasteiger partial charge in [-0.3, -0.25) is 0 Å². The van der Waals surface area contributed by atoms with Crippen LogP contribution in [0, 0.1) is 6.92 Å². The number of hydrogen-bond acceptors (Lipinski definition) is 2. The smallest absolute Gasteiger partial charge is 0.0730 e. The standard InChI is InChI=1S/C14H21NO/c1-11-6-8-12(9-7-11)10-16-14-5-3-2-4-13(14)15/h6-9,13-14H,2-5,10,15H2,1H3. The van der Waals surface area contributed by atoms with E-state index in [4.69, 9.17) is 10.5 Å². The molecule has 0 aromatic heterocycles. The van der Waals surface area contributed by atoms with E-state index in [0.717, 1.165) is 12.8 Å². The quantitative estimate of drug-likeness (QED) is 0.848. The summed E-state index contributed by atoms with van der Waals surface area (Å²) in [6, 6.07) is 8.74. The third-order valence-corrected chi connectivity index (χ3v) is 3.34. The third kappa shape index (κ3) is 3.06. The number of ether oxygens (including phenoxy) is 1. The molecule has 1 aromatic rings. The molecule has 1 aliphatic rings. The van der Waals surface area contributed by atoms with E-state index >= 15 is 0 Å². The molecule has 88 valence electrons. The Morgan fingerprint density at radius 2 is 1.88 bits per heavy atom. The highest BCUT2D eigenvalue weighted by Crippen LogP contribution is 2.20. The van der Waals surface area contributed by atoms with Crippen LogP contribution in [0.5, 0.6) is 0 Å². The fourth-order valence-electron chi connectivity index (χ4n) is 2.22. The fraction of sp³-hybridized carbons (Fsp3) is 0.571. The van der Waals surface area contributed by atoms with Crippen molar-refractivity contribution in [3.8, 4) is 0 Å². The van der Waals surface area contributed by atoms with Crippen LogP contribution in [0.25, 0.3) is 0 Å². The van der Waals surface area contributed by atoms with Gasteiger partial charge in [-0.05, 0) is 25.3 Å². The van der Waals surface area contributed by atoms with Crippen LogP contribution in [0.4, 0.5) is 0 Å². The van der Waals surface area contributed by atoms with Crippen LogP contribution >= 0.6 is 0 Å². The third-order valence-electron chi connectivity index (χ3n) is 3.34. The van der Waals surface area contributed by atoms with E-state index in [1.54, 1.807) is 0 Å². The second-order valence-electron chi connectivity index (χ2n) is 4.78. The molecule has 1 fully saturated rings. The molecule has 2 atom stereocenters. The zero-order valence-corrected chi connectivity index (χ0v) is 9.99. The van der Waals surface area contributed by atoms with Crippen molar-refractivity contribution in [3.63, 3.8) is 0 Å². The molecule has 1 saturated carbocycles. The van der Waals surface area contributed by atoms with Crippen LogP contribution in [-0.2, 0) is 11.3 Å². The predicted molar refractivity (Wildman–Crippen MR) is 66.2 cm³/mol. The first kappa shape index (κ1) is 11.6. The van der Waals surface area contributed by atoms with Crippen LogP contribution in [0.3, 0.4) is 0 Å². The Bertz CT molecular complexity index is 320. The van der Waals surface area contributed by atoms with Gasteiger partial charge in [-0.2, -0.15) is 0 Å². The normalized spacial score (nSPS) is 25.6. The van der Waals surface area contributed by atoms with Gasteiger partial charge in [-0.25, -0.2) is 0 Å². The molecule has 1 aromatic carbocycles. The van der Waals surface area contributed by atoms with Gasteiger partial charge in [0.05, 0.1) is 12.7 Å². The van der Waals surface area contributed by atoms with Crippen molar-refractivity contribution >= 4 is 0 Å². The highest BCUT2D eigenvalue weighted by molar-refractivity contribution is 5.20. The van der Waals surface area contributed by atoms with Crippen molar-refractivity contribution < 1.29 is 4.74 Å². The summed E-state index contributed by atoms with van der Waals surface area (Å²) in [6.07, 6.45) is 5.00. The van der Waals surface area contributed by atoms with Gasteiger partial charge in [0, 0.05) is 6.04 Å².